The van der Waals surface area contributed by atoms with Crippen LogP contribution < -0.4 is 4.74 Å². The van der Waals surface area contributed by atoms with Gasteiger partial charge >= 0.3 is 0 Å². The van der Waals surface area contributed by atoms with Crippen molar-refractivity contribution in [2.24, 2.45) is 0 Å². The van der Waals surface area contributed by atoms with Gasteiger partial charge in [0.25, 0.3) is 0 Å². The minimum atomic E-state index is -0.894. The van der Waals surface area contributed by atoms with Crippen molar-refractivity contribution in [1.82, 2.24) is 9.97 Å². The summed E-state index contributed by atoms with van der Waals surface area (Å²) in [4.78, 5) is 8.14. The predicted octanol–water partition coefficient (Wildman–Crippen LogP) is 2.21. The monoisotopic (exact) mass is 262 g/mol. The topological polar surface area (TPSA) is 55.2 Å². The molecule has 0 fully saturated rings. The van der Waals surface area contributed by atoms with E-state index in [4.69, 9.17) is 4.74 Å². The van der Waals surface area contributed by atoms with Crippen LogP contribution in [0.5, 0.6) is 5.75 Å². The van der Waals surface area contributed by atoms with Gasteiger partial charge in [0.05, 0.1) is 24.7 Å². The summed E-state index contributed by atoms with van der Waals surface area (Å²) in [7, 11) is 1.41. The molecule has 2 aromatic rings. The van der Waals surface area contributed by atoms with Crippen LogP contribution in [-0.2, 0) is 6.42 Å². The highest BCUT2D eigenvalue weighted by atomic mass is 19.1. The molecule has 1 atom stereocenters. The molecule has 1 aromatic heterocycles. The largest absolute Gasteiger partial charge is 0.494 e. The first-order valence-corrected chi connectivity index (χ1v) is 5.90. The molecule has 1 N–H and O–H groups in total. The first kappa shape index (κ1) is 13.4. The van der Waals surface area contributed by atoms with Crippen LogP contribution in [0.1, 0.15) is 23.1 Å². The molecular weight excluding hydrogens is 247 g/mol. The summed E-state index contributed by atoms with van der Waals surface area (Å²) in [5.74, 6) is -0.288. The molecule has 0 amide bonds. The van der Waals surface area contributed by atoms with Crippen molar-refractivity contribution >= 4 is 0 Å². The third-order valence-electron chi connectivity index (χ3n) is 2.82. The quantitative estimate of drug-likeness (QED) is 0.917. The molecular formula is C14H15FN2O2. The lowest BCUT2D eigenvalue weighted by molar-refractivity contribution is 0.171. The Kier molecular flexibility index (Phi) is 4.06. The molecule has 1 aromatic carbocycles. The molecule has 100 valence electrons. The molecule has 0 radical (unpaired) electrons. The average molecular weight is 262 g/mol. The van der Waals surface area contributed by atoms with Crippen molar-refractivity contribution in [3.63, 3.8) is 0 Å². The van der Waals surface area contributed by atoms with Gasteiger partial charge in [-0.05, 0) is 18.6 Å². The minimum absolute atomic E-state index is 0.126. The number of aliphatic hydroxyl groups excluding tert-OH is 1. The van der Waals surface area contributed by atoms with Gasteiger partial charge in [-0.2, -0.15) is 0 Å². The van der Waals surface area contributed by atoms with Crippen LogP contribution in [0.2, 0.25) is 0 Å². The van der Waals surface area contributed by atoms with E-state index in [9.17, 15) is 9.50 Å². The number of ether oxygens (including phenoxy) is 1. The molecule has 0 saturated heterocycles. The highest BCUT2D eigenvalue weighted by Crippen LogP contribution is 2.24. The fourth-order valence-corrected chi connectivity index (χ4v) is 1.76. The third kappa shape index (κ3) is 3.06. The van der Waals surface area contributed by atoms with Crippen LogP contribution in [0.25, 0.3) is 0 Å². The van der Waals surface area contributed by atoms with Crippen LogP contribution in [0.3, 0.4) is 0 Å². The van der Waals surface area contributed by atoms with E-state index in [0.29, 0.717) is 11.3 Å². The Morgan fingerprint density at radius 3 is 2.74 bits per heavy atom. The van der Waals surface area contributed by atoms with E-state index in [-0.39, 0.29) is 12.2 Å². The predicted molar refractivity (Wildman–Crippen MR) is 68.4 cm³/mol. The number of hydrogen-bond acceptors (Lipinski definition) is 4. The number of aliphatic hydroxyl groups is 1. The van der Waals surface area contributed by atoms with Crippen LogP contribution >= 0.6 is 0 Å². The van der Waals surface area contributed by atoms with E-state index in [2.05, 4.69) is 9.97 Å². The second kappa shape index (κ2) is 5.75. The molecule has 0 aliphatic rings. The van der Waals surface area contributed by atoms with Gasteiger partial charge in [0.2, 0.25) is 0 Å². The van der Waals surface area contributed by atoms with E-state index in [1.165, 1.54) is 19.4 Å². The summed E-state index contributed by atoms with van der Waals surface area (Å²) in [6, 6.07) is 4.84. The Balaban J connectivity index is 2.19. The number of nitrogens with zero attached hydrogens (tertiary/aromatic N) is 2. The summed E-state index contributed by atoms with van der Waals surface area (Å²) < 4.78 is 18.8. The maximum absolute atomic E-state index is 13.9. The lowest BCUT2D eigenvalue weighted by Crippen LogP contribution is -2.07. The van der Waals surface area contributed by atoms with Gasteiger partial charge in [-0.1, -0.05) is 12.1 Å². The van der Waals surface area contributed by atoms with Gasteiger partial charge in [0, 0.05) is 12.6 Å². The highest BCUT2D eigenvalue weighted by Gasteiger charge is 2.15. The van der Waals surface area contributed by atoms with E-state index in [1.807, 2.05) is 6.92 Å². The fraction of sp³-hybridized carbons (Fsp3) is 0.286. The zero-order chi connectivity index (χ0) is 13.8. The first-order valence-electron chi connectivity index (χ1n) is 5.90. The molecule has 0 saturated carbocycles. The van der Waals surface area contributed by atoms with Crippen LogP contribution in [-0.4, -0.2) is 22.2 Å². The third-order valence-corrected chi connectivity index (χ3v) is 2.82. The number of halogens is 1. The van der Waals surface area contributed by atoms with Crippen molar-refractivity contribution < 1.29 is 14.2 Å². The lowest BCUT2D eigenvalue weighted by Gasteiger charge is -2.12. The van der Waals surface area contributed by atoms with Gasteiger partial charge in [-0.15, -0.1) is 0 Å². The molecule has 19 heavy (non-hydrogen) atoms. The van der Waals surface area contributed by atoms with Crippen LogP contribution in [0.4, 0.5) is 4.39 Å². The molecule has 0 aliphatic heterocycles. The number of aryl methyl sites for hydroxylation is 1. The molecule has 0 aliphatic carbocycles. The van der Waals surface area contributed by atoms with Crippen molar-refractivity contribution in [1.29, 1.82) is 0 Å². The molecule has 1 heterocycles. The molecule has 5 heteroatoms. The van der Waals surface area contributed by atoms with E-state index >= 15 is 0 Å². The van der Waals surface area contributed by atoms with Crippen molar-refractivity contribution in [3.8, 4) is 5.75 Å². The Morgan fingerprint density at radius 1 is 1.32 bits per heavy atom. The number of benzene rings is 1. The van der Waals surface area contributed by atoms with Crippen molar-refractivity contribution in [3.05, 3.63) is 53.4 Å². The Labute approximate surface area is 110 Å². The fourth-order valence-electron chi connectivity index (χ4n) is 1.76. The Bertz CT molecular complexity index is 558. The normalized spacial score (nSPS) is 12.2. The van der Waals surface area contributed by atoms with E-state index in [1.54, 1.807) is 18.3 Å². The van der Waals surface area contributed by atoms with Gasteiger partial charge in [0.15, 0.2) is 11.6 Å². The van der Waals surface area contributed by atoms with Crippen molar-refractivity contribution in [2.75, 3.05) is 7.11 Å². The second-order valence-electron chi connectivity index (χ2n) is 4.24. The molecule has 0 spiro atoms. The number of methoxy groups -OCH3 is 1. The van der Waals surface area contributed by atoms with Gasteiger partial charge in [0.1, 0.15) is 6.10 Å². The molecule has 4 nitrogen and oxygen atoms in total. The van der Waals surface area contributed by atoms with Crippen LogP contribution in [0, 0.1) is 12.7 Å². The zero-order valence-electron chi connectivity index (χ0n) is 10.8. The zero-order valence-corrected chi connectivity index (χ0v) is 10.8. The van der Waals surface area contributed by atoms with Gasteiger partial charge in [-0.25, -0.2) is 4.39 Å². The van der Waals surface area contributed by atoms with E-state index in [0.717, 1.165) is 5.69 Å². The highest BCUT2D eigenvalue weighted by molar-refractivity contribution is 5.31. The summed E-state index contributed by atoms with van der Waals surface area (Å²) in [5.41, 5.74) is 1.57. The average Bonchev–Trinajstić information content (AvgIpc) is 2.42. The smallest absolute Gasteiger partial charge is 0.168 e. The number of rotatable bonds is 4. The van der Waals surface area contributed by atoms with Gasteiger partial charge < -0.3 is 9.84 Å². The SMILES string of the molecule is COc1cccc(CC(O)c2cnc(C)cn2)c1F. The lowest BCUT2D eigenvalue weighted by atomic mass is 10.0. The number of aromatic nitrogens is 2. The van der Waals surface area contributed by atoms with Crippen LogP contribution in [0.15, 0.2) is 30.6 Å². The van der Waals surface area contributed by atoms with Crippen molar-refractivity contribution in [2.45, 2.75) is 19.4 Å². The Morgan fingerprint density at radius 2 is 2.11 bits per heavy atom. The number of hydrogen-bond donors (Lipinski definition) is 1. The standard InChI is InChI=1S/C14H15FN2O2/c1-9-7-17-11(8-16-9)12(18)6-10-4-3-5-13(19-2)14(10)15/h3-5,7-8,12,18H,6H2,1-2H3. The summed E-state index contributed by atoms with van der Waals surface area (Å²) in [5, 5.41) is 10.0. The minimum Gasteiger partial charge on any atom is -0.494 e. The summed E-state index contributed by atoms with van der Waals surface area (Å²) >= 11 is 0. The molecule has 2 rings (SSSR count). The molecule has 1 unspecified atom stereocenters. The van der Waals surface area contributed by atoms with E-state index < -0.39 is 11.9 Å². The second-order valence-corrected chi connectivity index (χ2v) is 4.24. The maximum Gasteiger partial charge on any atom is 0.168 e. The first-order chi connectivity index (χ1) is 9.11. The maximum atomic E-state index is 13.9. The summed E-state index contributed by atoms with van der Waals surface area (Å²) in [6.45, 7) is 1.81. The Hall–Kier alpha value is -2.01. The molecule has 0 bridgehead atoms. The summed E-state index contributed by atoms with van der Waals surface area (Å²) in [6.07, 6.45) is 2.30. The van der Waals surface area contributed by atoms with Gasteiger partial charge in [-0.3, -0.25) is 9.97 Å².